The number of likely N-dealkylation sites (tertiary alicyclic amines) is 1. The molecule has 0 N–H and O–H groups in total. The van der Waals surface area contributed by atoms with Crippen molar-refractivity contribution in [1.82, 2.24) is 4.90 Å². The molecule has 29 heavy (non-hydrogen) atoms. The number of amides is 1. The van der Waals surface area contributed by atoms with Crippen molar-refractivity contribution < 1.29 is 23.5 Å². The molecule has 0 unspecified atom stereocenters. The summed E-state index contributed by atoms with van der Waals surface area (Å²) in [7, 11) is 0. The van der Waals surface area contributed by atoms with Gasteiger partial charge in [-0.1, -0.05) is 18.5 Å². The molecule has 1 atom stereocenters. The molecule has 7 nitrogen and oxygen atoms in total. The van der Waals surface area contributed by atoms with Crippen molar-refractivity contribution in [2.24, 2.45) is 0 Å². The Morgan fingerprint density at radius 2 is 2.00 bits per heavy atom. The zero-order chi connectivity index (χ0) is 21.3. The van der Waals surface area contributed by atoms with E-state index in [1.807, 2.05) is 6.92 Å². The third-order valence-electron chi connectivity index (χ3n) is 4.63. The average Bonchev–Trinajstić information content (AvgIpc) is 3.11. The lowest BCUT2D eigenvalue weighted by molar-refractivity contribution is -0.139. The van der Waals surface area contributed by atoms with E-state index in [2.05, 4.69) is 0 Å². The van der Waals surface area contributed by atoms with E-state index in [-0.39, 0.29) is 16.4 Å². The fourth-order valence-electron chi connectivity index (χ4n) is 3.33. The molecule has 1 aromatic carbocycles. The monoisotopic (exact) mass is 421 g/mol. The first kappa shape index (κ1) is 21.2. The molecule has 0 bridgehead atoms. The maximum absolute atomic E-state index is 12.8. The normalized spacial score (nSPS) is 16.9. The summed E-state index contributed by atoms with van der Waals surface area (Å²) >= 11 is 6.31. The van der Waals surface area contributed by atoms with Gasteiger partial charge in [0.15, 0.2) is 5.75 Å². The van der Waals surface area contributed by atoms with Crippen LogP contribution in [0.2, 0.25) is 5.02 Å². The van der Waals surface area contributed by atoms with E-state index in [0.29, 0.717) is 31.2 Å². The molecule has 0 radical (unpaired) electrons. The molecule has 1 saturated heterocycles. The lowest BCUT2D eigenvalue weighted by Crippen LogP contribution is -2.44. The van der Waals surface area contributed by atoms with Gasteiger partial charge in [0.25, 0.3) is 0 Å². The predicted molar refractivity (Wildman–Crippen MR) is 108 cm³/mol. The highest BCUT2D eigenvalue weighted by Gasteiger charge is 2.38. The fraction of sp³-hybridized carbons (Fsp3) is 0.476. The first-order valence-corrected chi connectivity index (χ1v) is 9.94. The molecule has 0 spiro atoms. The topological polar surface area (TPSA) is 86.0 Å². The van der Waals surface area contributed by atoms with Crippen LogP contribution in [0.4, 0.5) is 4.79 Å². The minimum atomic E-state index is -0.759. The van der Waals surface area contributed by atoms with Gasteiger partial charge in [0, 0.05) is 24.1 Å². The fourth-order valence-corrected chi connectivity index (χ4v) is 3.53. The Morgan fingerprint density at radius 3 is 2.66 bits per heavy atom. The van der Waals surface area contributed by atoms with Crippen molar-refractivity contribution >= 4 is 34.6 Å². The molecule has 1 amide bonds. The lowest BCUT2D eigenvalue weighted by atomic mass is 10.1. The molecular formula is C21H24ClNO6. The number of ether oxygens (including phenoxy) is 2. The van der Waals surface area contributed by atoms with Gasteiger partial charge in [0.2, 0.25) is 0 Å². The van der Waals surface area contributed by atoms with Crippen molar-refractivity contribution in [1.29, 1.82) is 0 Å². The van der Waals surface area contributed by atoms with Crippen LogP contribution >= 0.6 is 11.6 Å². The Kier molecular flexibility index (Phi) is 5.89. The summed E-state index contributed by atoms with van der Waals surface area (Å²) in [4.78, 5) is 38.3. The molecule has 3 rings (SSSR count). The number of benzene rings is 1. The van der Waals surface area contributed by atoms with Gasteiger partial charge in [0.05, 0.1) is 5.02 Å². The zero-order valence-electron chi connectivity index (χ0n) is 16.9. The van der Waals surface area contributed by atoms with Crippen molar-refractivity contribution in [3.8, 4) is 5.75 Å². The van der Waals surface area contributed by atoms with E-state index in [1.54, 1.807) is 26.8 Å². The zero-order valence-corrected chi connectivity index (χ0v) is 17.7. The summed E-state index contributed by atoms with van der Waals surface area (Å²) < 4.78 is 16.1. The minimum absolute atomic E-state index is 0.0802. The number of nitrogens with zero attached hydrogens (tertiary/aromatic N) is 1. The van der Waals surface area contributed by atoms with E-state index in [9.17, 15) is 14.4 Å². The first-order chi connectivity index (χ1) is 13.6. The summed E-state index contributed by atoms with van der Waals surface area (Å²) in [5.41, 5.74) is -0.0645. The van der Waals surface area contributed by atoms with E-state index in [4.69, 9.17) is 25.5 Å². The number of carbonyl (C=O) groups excluding carboxylic acids is 2. The summed E-state index contributed by atoms with van der Waals surface area (Å²) in [6, 6.07) is 3.71. The standard InChI is InChI=1S/C21H24ClNO6/c1-5-12-9-18(24)27-16-11-17(14(22)10-13(12)16)28-19(25)15-7-6-8-23(15)20(26)29-21(2,3)4/h9-11,15H,5-8H2,1-4H3/t15-/m1/s1. The molecule has 2 heterocycles. The third-order valence-corrected chi connectivity index (χ3v) is 4.92. The van der Waals surface area contributed by atoms with Crippen molar-refractivity contribution in [3.05, 3.63) is 39.2 Å². The summed E-state index contributed by atoms with van der Waals surface area (Å²) in [5, 5.41) is 0.907. The van der Waals surface area contributed by atoms with Crippen LogP contribution in [-0.4, -0.2) is 35.2 Å². The number of halogens is 1. The van der Waals surface area contributed by atoms with Crippen molar-refractivity contribution in [2.45, 2.75) is 58.6 Å². The highest BCUT2D eigenvalue weighted by molar-refractivity contribution is 6.33. The molecule has 156 valence electrons. The summed E-state index contributed by atoms with van der Waals surface area (Å²) in [6.07, 6.45) is 1.21. The van der Waals surface area contributed by atoms with Gasteiger partial charge >= 0.3 is 17.7 Å². The Labute approximate surface area is 173 Å². The van der Waals surface area contributed by atoms with Gasteiger partial charge in [-0.25, -0.2) is 14.4 Å². The van der Waals surface area contributed by atoms with Crippen molar-refractivity contribution in [2.75, 3.05) is 6.54 Å². The second kappa shape index (κ2) is 8.06. The van der Waals surface area contributed by atoms with E-state index in [1.165, 1.54) is 17.0 Å². The predicted octanol–water partition coefficient (Wildman–Crippen LogP) is 4.31. The average molecular weight is 422 g/mol. The quantitative estimate of drug-likeness (QED) is 0.417. The SMILES string of the molecule is CCc1cc(=O)oc2cc(OC(=O)[C@H]3CCCN3C(=O)OC(C)(C)C)c(Cl)cc12. The Bertz CT molecular complexity index is 1010. The molecule has 0 aliphatic carbocycles. The number of fused-ring (bicyclic) bond motifs is 1. The van der Waals surface area contributed by atoms with E-state index >= 15 is 0 Å². The number of hydrogen-bond donors (Lipinski definition) is 0. The Hall–Kier alpha value is -2.54. The molecule has 1 aromatic heterocycles. The second-order valence-electron chi connectivity index (χ2n) is 7.98. The van der Waals surface area contributed by atoms with Crippen LogP contribution < -0.4 is 10.4 Å². The smallest absolute Gasteiger partial charge is 0.411 e. The highest BCUT2D eigenvalue weighted by Crippen LogP contribution is 2.32. The molecule has 1 aliphatic rings. The molecule has 1 aliphatic heterocycles. The number of rotatable bonds is 3. The number of aryl methyl sites for hydroxylation is 1. The van der Waals surface area contributed by atoms with Gasteiger partial charge in [-0.05, 0) is 51.7 Å². The largest absolute Gasteiger partial charge is 0.444 e. The van der Waals surface area contributed by atoms with Crippen LogP contribution in [0, 0.1) is 0 Å². The molecule has 8 heteroatoms. The van der Waals surface area contributed by atoms with Crippen LogP contribution in [0.25, 0.3) is 11.0 Å². The molecule has 2 aromatic rings. The number of carbonyl (C=O) groups is 2. The van der Waals surface area contributed by atoms with Crippen molar-refractivity contribution in [3.63, 3.8) is 0 Å². The maximum Gasteiger partial charge on any atom is 0.411 e. The first-order valence-electron chi connectivity index (χ1n) is 9.56. The molecular weight excluding hydrogens is 398 g/mol. The maximum atomic E-state index is 12.8. The van der Waals surface area contributed by atoms with Gasteiger partial charge in [-0.15, -0.1) is 0 Å². The lowest BCUT2D eigenvalue weighted by Gasteiger charge is -2.27. The van der Waals surface area contributed by atoms with Gasteiger partial charge in [0.1, 0.15) is 17.2 Å². The van der Waals surface area contributed by atoms with E-state index in [0.717, 1.165) is 5.56 Å². The van der Waals surface area contributed by atoms with Gasteiger partial charge in [-0.2, -0.15) is 0 Å². The third kappa shape index (κ3) is 4.72. The molecule has 0 saturated carbocycles. The van der Waals surface area contributed by atoms with Crippen LogP contribution in [-0.2, 0) is 16.0 Å². The Morgan fingerprint density at radius 1 is 1.28 bits per heavy atom. The van der Waals surface area contributed by atoms with Gasteiger partial charge in [-0.3, -0.25) is 4.90 Å². The van der Waals surface area contributed by atoms with Crippen LogP contribution in [0.1, 0.15) is 46.1 Å². The number of hydrogen-bond acceptors (Lipinski definition) is 6. The Balaban J connectivity index is 1.84. The van der Waals surface area contributed by atoms with E-state index < -0.39 is 29.3 Å². The van der Waals surface area contributed by atoms with Gasteiger partial charge < -0.3 is 13.9 Å². The van der Waals surface area contributed by atoms with Crippen LogP contribution in [0.3, 0.4) is 0 Å². The summed E-state index contributed by atoms with van der Waals surface area (Å²) in [6.45, 7) is 7.63. The van der Waals surface area contributed by atoms with Crippen LogP contribution in [0.5, 0.6) is 5.75 Å². The number of esters is 1. The second-order valence-corrected chi connectivity index (χ2v) is 8.38. The summed E-state index contributed by atoms with van der Waals surface area (Å²) in [5.74, 6) is -0.528. The molecule has 1 fully saturated rings. The minimum Gasteiger partial charge on any atom is -0.444 e. The highest BCUT2D eigenvalue weighted by atomic mass is 35.5. The van der Waals surface area contributed by atoms with Crippen LogP contribution in [0.15, 0.2) is 27.4 Å².